The number of rotatable bonds is 5. The van der Waals surface area contributed by atoms with Crippen LogP contribution in [0.1, 0.15) is 43.7 Å². The topological polar surface area (TPSA) is 81.4 Å². The molecule has 1 amide bonds. The van der Waals surface area contributed by atoms with Crippen LogP contribution < -0.4 is 11.1 Å². The Balaban J connectivity index is 2.05. The highest BCUT2D eigenvalue weighted by Crippen LogP contribution is 2.25. The molecule has 2 rings (SSSR count). The third-order valence-corrected chi connectivity index (χ3v) is 4.20. The molecule has 3 N–H and O–H groups in total. The highest BCUT2D eigenvalue weighted by atomic mass is 16.5. The summed E-state index contributed by atoms with van der Waals surface area (Å²) in [6.07, 6.45) is 3.66. The SMILES string of the molecule is COC(=O)CC(NC(=O)C1CCCC(N)C1)c1ccccc1. The van der Waals surface area contributed by atoms with E-state index < -0.39 is 0 Å². The summed E-state index contributed by atoms with van der Waals surface area (Å²) in [7, 11) is 1.35. The number of esters is 1. The van der Waals surface area contributed by atoms with Crippen molar-refractivity contribution in [1.82, 2.24) is 5.32 Å². The number of hydrogen-bond acceptors (Lipinski definition) is 4. The van der Waals surface area contributed by atoms with Crippen molar-refractivity contribution in [2.45, 2.75) is 44.2 Å². The van der Waals surface area contributed by atoms with Gasteiger partial charge in [-0.3, -0.25) is 9.59 Å². The quantitative estimate of drug-likeness (QED) is 0.814. The number of ether oxygens (including phenoxy) is 1. The molecular formula is C17H24N2O3. The average molecular weight is 304 g/mol. The summed E-state index contributed by atoms with van der Waals surface area (Å²) in [6.45, 7) is 0. The van der Waals surface area contributed by atoms with E-state index in [1.54, 1.807) is 0 Å². The number of carbonyl (C=O) groups is 2. The average Bonchev–Trinajstić information content (AvgIpc) is 2.54. The van der Waals surface area contributed by atoms with Gasteiger partial charge in [0, 0.05) is 12.0 Å². The Morgan fingerprint density at radius 2 is 2.05 bits per heavy atom. The van der Waals surface area contributed by atoms with Crippen LogP contribution in [0.2, 0.25) is 0 Å². The first-order valence-electron chi connectivity index (χ1n) is 7.78. The van der Waals surface area contributed by atoms with E-state index >= 15 is 0 Å². The Morgan fingerprint density at radius 1 is 1.32 bits per heavy atom. The van der Waals surface area contributed by atoms with Crippen molar-refractivity contribution in [2.75, 3.05) is 7.11 Å². The Morgan fingerprint density at radius 3 is 2.68 bits per heavy atom. The predicted octanol–water partition coefficient (Wildman–Crippen LogP) is 1.92. The number of carbonyl (C=O) groups excluding carboxylic acids is 2. The molecule has 0 bridgehead atoms. The summed E-state index contributed by atoms with van der Waals surface area (Å²) < 4.78 is 4.74. The van der Waals surface area contributed by atoms with Crippen LogP contribution >= 0.6 is 0 Å². The summed E-state index contributed by atoms with van der Waals surface area (Å²) in [5.74, 6) is -0.421. The third-order valence-electron chi connectivity index (χ3n) is 4.20. The lowest BCUT2D eigenvalue weighted by Crippen LogP contribution is -2.39. The smallest absolute Gasteiger partial charge is 0.307 e. The molecule has 0 aliphatic heterocycles. The van der Waals surface area contributed by atoms with Gasteiger partial charge >= 0.3 is 5.97 Å². The molecule has 0 spiro atoms. The van der Waals surface area contributed by atoms with Gasteiger partial charge < -0.3 is 15.8 Å². The van der Waals surface area contributed by atoms with E-state index in [1.807, 2.05) is 30.3 Å². The van der Waals surface area contributed by atoms with Gasteiger partial charge in [-0.2, -0.15) is 0 Å². The van der Waals surface area contributed by atoms with E-state index in [0.29, 0.717) is 6.42 Å². The molecule has 1 fully saturated rings. The maximum absolute atomic E-state index is 12.5. The number of methoxy groups -OCH3 is 1. The minimum atomic E-state index is -0.362. The van der Waals surface area contributed by atoms with Crippen LogP contribution in [-0.4, -0.2) is 25.0 Å². The number of nitrogens with one attached hydrogen (secondary N) is 1. The Labute approximate surface area is 131 Å². The lowest BCUT2D eigenvalue weighted by Gasteiger charge is -2.28. The van der Waals surface area contributed by atoms with Gasteiger partial charge in [0.15, 0.2) is 0 Å². The second-order valence-corrected chi connectivity index (χ2v) is 5.88. The zero-order chi connectivity index (χ0) is 15.9. The zero-order valence-corrected chi connectivity index (χ0v) is 13.0. The van der Waals surface area contributed by atoms with Crippen molar-refractivity contribution in [3.05, 3.63) is 35.9 Å². The van der Waals surface area contributed by atoms with Crippen molar-refractivity contribution in [3.8, 4) is 0 Å². The molecule has 3 unspecified atom stereocenters. The second kappa shape index (κ2) is 7.94. The van der Waals surface area contributed by atoms with Gasteiger partial charge in [0.2, 0.25) is 5.91 Å². The monoisotopic (exact) mass is 304 g/mol. The molecule has 22 heavy (non-hydrogen) atoms. The summed E-state index contributed by atoms with van der Waals surface area (Å²) in [5.41, 5.74) is 6.86. The van der Waals surface area contributed by atoms with Crippen molar-refractivity contribution < 1.29 is 14.3 Å². The first kappa shape index (κ1) is 16.5. The first-order valence-corrected chi connectivity index (χ1v) is 7.78. The maximum Gasteiger partial charge on any atom is 0.307 e. The summed E-state index contributed by atoms with van der Waals surface area (Å²) in [6, 6.07) is 9.23. The van der Waals surface area contributed by atoms with E-state index in [4.69, 9.17) is 10.5 Å². The molecule has 1 saturated carbocycles. The van der Waals surface area contributed by atoms with Crippen LogP contribution in [0.3, 0.4) is 0 Å². The predicted molar refractivity (Wildman–Crippen MR) is 83.9 cm³/mol. The normalized spacial score (nSPS) is 22.6. The van der Waals surface area contributed by atoms with Crippen molar-refractivity contribution in [3.63, 3.8) is 0 Å². The fourth-order valence-electron chi connectivity index (χ4n) is 2.94. The van der Waals surface area contributed by atoms with Gasteiger partial charge in [0.25, 0.3) is 0 Å². The molecule has 0 aromatic heterocycles. The molecule has 0 heterocycles. The minimum absolute atomic E-state index is 0.0205. The number of nitrogens with two attached hydrogens (primary N) is 1. The largest absolute Gasteiger partial charge is 0.469 e. The van der Waals surface area contributed by atoms with E-state index in [9.17, 15) is 9.59 Å². The van der Waals surface area contributed by atoms with Gasteiger partial charge in [0.05, 0.1) is 19.6 Å². The second-order valence-electron chi connectivity index (χ2n) is 5.88. The maximum atomic E-state index is 12.5. The first-order chi connectivity index (χ1) is 10.6. The fraction of sp³-hybridized carbons (Fsp3) is 0.529. The van der Waals surface area contributed by atoms with E-state index in [2.05, 4.69) is 5.32 Å². The van der Waals surface area contributed by atoms with Crippen LogP contribution in [0.4, 0.5) is 0 Å². The summed E-state index contributed by atoms with van der Waals surface area (Å²) in [4.78, 5) is 24.1. The highest BCUT2D eigenvalue weighted by molar-refractivity contribution is 5.80. The van der Waals surface area contributed by atoms with Crippen LogP contribution in [0, 0.1) is 5.92 Å². The lowest BCUT2D eigenvalue weighted by molar-refractivity contribution is -0.141. The molecule has 0 radical (unpaired) electrons. The summed E-state index contributed by atoms with van der Waals surface area (Å²) in [5, 5.41) is 2.99. The zero-order valence-electron chi connectivity index (χ0n) is 13.0. The molecule has 120 valence electrons. The third kappa shape index (κ3) is 4.56. The van der Waals surface area contributed by atoms with Gasteiger partial charge in [-0.25, -0.2) is 0 Å². The van der Waals surface area contributed by atoms with Crippen molar-refractivity contribution in [2.24, 2.45) is 11.7 Å². The van der Waals surface area contributed by atoms with Crippen molar-refractivity contribution >= 4 is 11.9 Å². The van der Waals surface area contributed by atoms with E-state index in [1.165, 1.54) is 7.11 Å². The van der Waals surface area contributed by atoms with Gasteiger partial charge in [-0.1, -0.05) is 36.8 Å². The number of benzene rings is 1. The molecule has 1 aliphatic carbocycles. The van der Waals surface area contributed by atoms with Gasteiger partial charge in [0.1, 0.15) is 0 Å². The standard InChI is InChI=1S/C17H24N2O3/c1-22-16(20)11-15(12-6-3-2-4-7-12)19-17(21)13-8-5-9-14(18)10-13/h2-4,6-7,13-15H,5,8-11,18H2,1H3,(H,19,21). The van der Waals surface area contributed by atoms with Crippen molar-refractivity contribution in [1.29, 1.82) is 0 Å². The van der Waals surface area contributed by atoms with Gasteiger partial charge in [-0.15, -0.1) is 0 Å². The summed E-state index contributed by atoms with van der Waals surface area (Å²) >= 11 is 0. The fourth-order valence-corrected chi connectivity index (χ4v) is 2.94. The van der Waals surface area contributed by atoms with Crippen LogP contribution in [0.5, 0.6) is 0 Å². The molecule has 1 aromatic rings. The lowest BCUT2D eigenvalue weighted by atomic mass is 9.85. The Hall–Kier alpha value is -1.88. The molecule has 1 aromatic carbocycles. The molecule has 5 heteroatoms. The Bertz CT molecular complexity index is 504. The van der Waals surface area contributed by atoms with Crippen LogP contribution in [0.25, 0.3) is 0 Å². The van der Waals surface area contributed by atoms with Crippen LogP contribution in [-0.2, 0) is 14.3 Å². The molecule has 1 aliphatic rings. The Kier molecular flexibility index (Phi) is 5.95. The number of amides is 1. The van der Waals surface area contributed by atoms with E-state index in [0.717, 1.165) is 24.8 Å². The van der Waals surface area contributed by atoms with E-state index in [-0.39, 0.29) is 36.3 Å². The van der Waals surface area contributed by atoms with Crippen LogP contribution in [0.15, 0.2) is 30.3 Å². The molecular weight excluding hydrogens is 280 g/mol. The van der Waals surface area contributed by atoms with Gasteiger partial charge in [-0.05, 0) is 24.8 Å². The highest BCUT2D eigenvalue weighted by Gasteiger charge is 2.28. The minimum Gasteiger partial charge on any atom is -0.469 e. The molecule has 3 atom stereocenters. The number of hydrogen-bond donors (Lipinski definition) is 2. The molecule has 5 nitrogen and oxygen atoms in total. The molecule has 0 saturated heterocycles.